The lowest BCUT2D eigenvalue weighted by Crippen LogP contribution is -2.29. The Balaban J connectivity index is 1.27. The Hall–Kier alpha value is -2.50. The molecule has 0 bridgehead atoms. The first kappa shape index (κ1) is 24.6. The maximum absolute atomic E-state index is 13.3. The van der Waals surface area contributed by atoms with Crippen LogP contribution in [0.4, 0.5) is 13.2 Å². The molecule has 3 nitrogen and oxygen atoms in total. The summed E-state index contributed by atoms with van der Waals surface area (Å²) in [6.45, 7) is 4.19. The van der Waals surface area contributed by atoms with Gasteiger partial charge in [0, 0.05) is 0 Å². The first-order valence-electron chi connectivity index (χ1n) is 12.2. The summed E-state index contributed by atoms with van der Waals surface area (Å²) in [7, 11) is 0. The molecule has 2 saturated carbocycles. The van der Waals surface area contributed by atoms with Crippen LogP contribution in [0, 0.1) is 30.6 Å². The number of aryl methyl sites for hydroxylation is 2. The van der Waals surface area contributed by atoms with E-state index in [9.17, 15) is 23.1 Å². The number of ether oxygens (including phenoxy) is 1. The second-order valence-corrected chi connectivity index (χ2v) is 10.3. The van der Waals surface area contributed by atoms with E-state index in [4.69, 9.17) is 4.74 Å². The number of carboxylic acid groups (broad SMARTS) is 1. The summed E-state index contributed by atoms with van der Waals surface area (Å²) in [5.41, 5.74) is 1.76. The summed E-state index contributed by atoms with van der Waals surface area (Å²) in [6, 6.07) is 12.2. The van der Waals surface area contributed by atoms with Gasteiger partial charge in [-0.1, -0.05) is 36.8 Å². The number of benzene rings is 2. The zero-order chi connectivity index (χ0) is 24.5. The molecule has 0 saturated heterocycles. The molecule has 0 aromatic heterocycles. The average Bonchev–Trinajstić information content (AvgIpc) is 3.57. The molecule has 1 N–H and O–H groups in total. The van der Waals surface area contributed by atoms with Crippen molar-refractivity contribution in [1.82, 2.24) is 0 Å². The molecule has 0 heterocycles. The molecule has 4 rings (SSSR count). The molecule has 0 spiro atoms. The van der Waals surface area contributed by atoms with Gasteiger partial charge in [-0.25, -0.2) is 0 Å². The molecule has 2 fully saturated rings. The normalized spacial score (nSPS) is 22.0. The van der Waals surface area contributed by atoms with Crippen LogP contribution in [0.2, 0.25) is 0 Å². The minimum Gasteiger partial charge on any atom is -0.493 e. The number of carboxylic acids is 1. The molecule has 0 aliphatic heterocycles. The molecular weight excluding hydrogens is 441 g/mol. The standard InChI is InChI=1S/C28H33F3O3/c1-17-6-11-25(28(29,30)31)22(12-17)8-7-19-13-20(14-19)16-34-24-5-3-4-23(15-24)26(21-9-10-21)18(2)27(32)33/h3-6,11-12,15,18-21,26H,7-10,13-14,16H2,1-2H3,(H,32,33)/t18-,19?,20?,26-/m0/s1. The lowest BCUT2D eigenvalue weighted by Gasteiger charge is -2.35. The van der Waals surface area contributed by atoms with Crippen molar-refractivity contribution in [3.8, 4) is 5.75 Å². The molecule has 2 aromatic rings. The Morgan fingerprint density at radius 1 is 1.12 bits per heavy atom. The number of rotatable bonds is 10. The fraction of sp³-hybridized carbons (Fsp3) is 0.536. The summed E-state index contributed by atoms with van der Waals surface area (Å²) < 4.78 is 45.9. The SMILES string of the molecule is Cc1ccc(C(F)(F)F)c(CCC2CC(COc3cccc([C@H](C4CC4)[C@H](C)C(=O)O)c3)C2)c1. The van der Waals surface area contributed by atoms with Crippen molar-refractivity contribution in [2.75, 3.05) is 6.61 Å². The van der Waals surface area contributed by atoms with Gasteiger partial charge in [-0.05, 0) is 98.4 Å². The lowest BCUT2D eigenvalue weighted by molar-refractivity contribution is -0.142. The Labute approximate surface area is 199 Å². The predicted molar refractivity (Wildman–Crippen MR) is 125 cm³/mol. The molecule has 0 unspecified atom stereocenters. The van der Waals surface area contributed by atoms with Crippen molar-refractivity contribution in [3.05, 3.63) is 64.7 Å². The van der Waals surface area contributed by atoms with Crippen molar-refractivity contribution in [2.24, 2.45) is 23.7 Å². The second-order valence-electron chi connectivity index (χ2n) is 10.3. The highest BCUT2D eigenvalue weighted by Crippen LogP contribution is 2.47. The minimum atomic E-state index is -4.31. The molecule has 34 heavy (non-hydrogen) atoms. The quantitative estimate of drug-likeness (QED) is 0.394. The van der Waals surface area contributed by atoms with Crippen LogP contribution < -0.4 is 4.74 Å². The van der Waals surface area contributed by atoms with E-state index in [0.29, 0.717) is 36.3 Å². The first-order chi connectivity index (χ1) is 16.1. The Bertz CT molecular complexity index is 1010. The molecule has 6 heteroatoms. The van der Waals surface area contributed by atoms with Gasteiger partial charge in [-0.2, -0.15) is 13.2 Å². The van der Waals surface area contributed by atoms with E-state index in [1.54, 1.807) is 13.0 Å². The van der Waals surface area contributed by atoms with Crippen molar-refractivity contribution in [3.63, 3.8) is 0 Å². The summed E-state index contributed by atoms with van der Waals surface area (Å²) in [5.74, 6) is 0.844. The Morgan fingerprint density at radius 2 is 1.85 bits per heavy atom. The van der Waals surface area contributed by atoms with Gasteiger partial charge in [0.15, 0.2) is 0 Å². The number of hydrogen-bond acceptors (Lipinski definition) is 2. The summed E-state index contributed by atoms with van der Waals surface area (Å²) in [5, 5.41) is 9.50. The zero-order valence-corrected chi connectivity index (χ0v) is 19.8. The van der Waals surface area contributed by atoms with Crippen LogP contribution in [0.25, 0.3) is 0 Å². The highest BCUT2D eigenvalue weighted by molar-refractivity contribution is 5.71. The third-order valence-electron chi connectivity index (χ3n) is 7.51. The largest absolute Gasteiger partial charge is 0.493 e. The van der Waals surface area contributed by atoms with Crippen molar-refractivity contribution in [2.45, 2.75) is 64.5 Å². The molecule has 0 amide bonds. The Kier molecular flexibility index (Phi) is 7.25. The minimum absolute atomic E-state index is 0.0114. The first-order valence-corrected chi connectivity index (χ1v) is 12.2. The monoisotopic (exact) mass is 474 g/mol. The third-order valence-corrected chi connectivity index (χ3v) is 7.51. The molecule has 2 aliphatic rings. The molecular formula is C28H33F3O3. The van der Waals surface area contributed by atoms with Gasteiger partial charge in [-0.15, -0.1) is 0 Å². The van der Waals surface area contributed by atoms with Crippen molar-refractivity contribution in [1.29, 1.82) is 0 Å². The number of hydrogen-bond donors (Lipinski definition) is 1. The average molecular weight is 475 g/mol. The van der Waals surface area contributed by atoms with Crippen LogP contribution >= 0.6 is 0 Å². The van der Waals surface area contributed by atoms with Crippen molar-refractivity contribution >= 4 is 5.97 Å². The van der Waals surface area contributed by atoms with E-state index >= 15 is 0 Å². The highest BCUT2D eigenvalue weighted by Gasteiger charge is 2.39. The fourth-order valence-electron chi connectivity index (χ4n) is 5.41. The summed E-state index contributed by atoms with van der Waals surface area (Å²) >= 11 is 0. The van der Waals surface area contributed by atoms with Crippen LogP contribution in [0.3, 0.4) is 0 Å². The highest BCUT2D eigenvalue weighted by atomic mass is 19.4. The van der Waals surface area contributed by atoms with E-state index in [0.717, 1.165) is 49.0 Å². The van der Waals surface area contributed by atoms with Crippen molar-refractivity contribution < 1.29 is 27.8 Å². The number of carbonyl (C=O) groups is 1. The van der Waals surface area contributed by atoms with Gasteiger partial charge in [0.2, 0.25) is 0 Å². The number of alkyl halides is 3. The van der Waals surface area contributed by atoms with Crippen LogP contribution in [0.5, 0.6) is 5.75 Å². The molecule has 2 atom stereocenters. The number of halogens is 3. The van der Waals surface area contributed by atoms with Gasteiger partial charge in [0.25, 0.3) is 0 Å². The smallest absolute Gasteiger partial charge is 0.416 e. The van der Waals surface area contributed by atoms with Crippen LogP contribution in [-0.2, 0) is 17.4 Å². The zero-order valence-electron chi connectivity index (χ0n) is 19.8. The van der Waals surface area contributed by atoms with Crippen LogP contribution in [-0.4, -0.2) is 17.7 Å². The fourth-order valence-corrected chi connectivity index (χ4v) is 5.41. The van der Waals surface area contributed by atoms with E-state index in [1.807, 2.05) is 31.2 Å². The predicted octanol–water partition coefficient (Wildman–Crippen LogP) is 7.27. The lowest BCUT2D eigenvalue weighted by atomic mass is 9.72. The molecule has 2 aromatic carbocycles. The van der Waals surface area contributed by atoms with E-state index in [-0.39, 0.29) is 5.92 Å². The Morgan fingerprint density at radius 3 is 2.50 bits per heavy atom. The topological polar surface area (TPSA) is 46.5 Å². The third kappa shape index (κ3) is 5.94. The van der Waals surface area contributed by atoms with E-state index in [2.05, 4.69) is 0 Å². The van der Waals surface area contributed by atoms with Gasteiger partial charge in [0.05, 0.1) is 18.1 Å². The van der Waals surface area contributed by atoms with Crippen LogP contribution in [0.1, 0.15) is 67.2 Å². The van der Waals surface area contributed by atoms with Gasteiger partial charge >= 0.3 is 12.1 Å². The maximum atomic E-state index is 13.3. The maximum Gasteiger partial charge on any atom is 0.416 e. The molecule has 0 radical (unpaired) electrons. The van der Waals surface area contributed by atoms with Gasteiger partial charge < -0.3 is 9.84 Å². The van der Waals surface area contributed by atoms with E-state index in [1.165, 1.54) is 12.1 Å². The van der Waals surface area contributed by atoms with Gasteiger partial charge in [0.1, 0.15) is 5.75 Å². The summed E-state index contributed by atoms with van der Waals surface area (Å²) in [4.78, 5) is 11.6. The number of aliphatic carboxylic acids is 1. The van der Waals surface area contributed by atoms with E-state index < -0.39 is 23.6 Å². The van der Waals surface area contributed by atoms with Gasteiger partial charge in [-0.3, -0.25) is 4.79 Å². The molecule has 184 valence electrons. The second kappa shape index (κ2) is 10.0. The van der Waals surface area contributed by atoms with Crippen LogP contribution in [0.15, 0.2) is 42.5 Å². The summed E-state index contributed by atoms with van der Waals surface area (Å²) in [6.07, 6.45) is 0.971. The molecule has 2 aliphatic carbocycles.